The van der Waals surface area contributed by atoms with E-state index in [4.69, 9.17) is 9.72 Å². The van der Waals surface area contributed by atoms with Crippen molar-refractivity contribution < 1.29 is 4.74 Å². The monoisotopic (exact) mass is 488 g/mol. The van der Waals surface area contributed by atoms with Gasteiger partial charge < -0.3 is 4.74 Å². The fourth-order valence-corrected chi connectivity index (χ4v) is 4.73. The van der Waals surface area contributed by atoms with Crippen LogP contribution in [0.5, 0.6) is 5.75 Å². The lowest BCUT2D eigenvalue weighted by Gasteiger charge is -2.20. The molecule has 0 amide bonds. The van der Waals surface area contributed by atoms with Gasteiger partial charge in [0.05, 0.1) is 30.2 Å². The Morgan fingerprint density at radius 3 is 2.62 bits per heavy atom. The number of fused-ring (bicyclic) bond motifs is 2. The minimum absolute atomic E-state index is 0.365. The Morgan fingerprint density at radius 1 is 0.919 bits per heavy atom. The number of hydrogen-bond acceptors (Lipinski definition) is 6. The molecule has 0 saturated carbocycles. The Balaban J connectivity index is 1.08. The van der Waals surface area contributed by atoms with Crippen molar-refractivity contribution in [1.29, 1.82) is 0 Å². The van der Waals surface area contributed by atoms with Gasteiger partial charge >= 0.3 is 0 Å². The number of nitrogens with one attached hydrogen (secondary N) is 1. The van der Waals surface area contributed by atoms with Gasteiger partial charge in [-0.1, -0.05) is 53.7 Å². The van der Waals surface area contributed by atoms with Gasteiger partial charge in [-0.15, -0.1) is 5.10 Å². The van der Waals surface area contributed by atoms with Gasteiger partial charge in [0, 0.05) is 11.1 Å². The van der Waals surface area contributed by atoms with Gasteiger partial charge in [-0.05, 0) is 72.7 Å². The predicted octanol–water partition coefficient (Wildman–Crippen LogP) is 5.78. The number of anilines is 1. The van der Waals surface area contributed by atoms with E-state index in [-0.39, 0.29) is 0 Å². The van der Waals surface area contributed by atoms with Gasteiger partial charge in [0.2, 0.25) is 0 Å². The van der Waals surface area contributed by atoms with E-state index < -0.39 is 0 Å². The topological polar surface area (TPSA) is 77.2 Å². The van der Waals surface area contributed by atoms with E-state index in [1.165, 1.54) is 29.7 Å². The first kappa shape index (κ1) is 22.9. The lowest BCUT2D eigenvalue weighted by molar-refractivity contribution is 0.301. The fourth-order valence-electron chi connectivity index (χ4n) is 4.73. The van der Waals surface area contributed by atoms with Crippen molar-refractivity contribution in [3.05, 3.63) is 113 Å². The number of hydrogen-bond donors (Lipinski definition) is 1. The third kappa shape index (κ3) is 5.35. The number of pyridine rings is 1. The quantitative estimate of drug-likeness (QED) is 0.221. The largest absolute Gasteiger partial charge is 0.487 e. The normalized spacial score (nSPS) is 13.1. The maximum atomic E-state index is 5.91. The summed E-state index contributed by atoms with van der Waals surface area (Å²) in [4.78, 5) is 4.90. The van der Waals surface area contributed by atoms with Gasteiger partial charge in [-0.2, -0.15) is 5.10 Å². The molecule has 0 spiro atoms. The summed E-state index contributed by atoms with van der Waals surface area (Å²) in [5, 5.41) is 14.1. The van der Waals surface area contributed by atoms with E-state index in [1.807, 2.05) is 65.6 Å². The molecule has 7 nitrogen and oxygen atoms in total. The summed E-state index contributed by atoms with van der Waals surface area (Å²) in [6, 6.07) is 26.3. The van der Waals surface area contributed by atoms with Crippen molar-refractivity contribution in [2.24, 2.45) is 5.10 Å². The first-order valence-corrected chi connectivity index (χ1v) is 12.7. The van der Waals surface area contributed by atoms with Crippen LogP contribution in [0.25, 0.3) is 10.9 Å². The summed E-state index contributed by atoms with van der Waals surface area (Å²) in [6.07, 6.45) is 8.21. The second-order valence-corrected chi connectivity index (χ2v) is 9.26. The number of hydrazone groups is 1. The molecule has 0 atom stereocenters. The van der Waals surface area contributed by atoms with Crippen LogP contribution in [0.15, 0.2) is 90.2 Å². The zero-order valence-corrected chi connectivity index (χ0v) is 20.5. The first-order chi connectivity index (χ1) is 18.3. The molecule has 1 aliphatic carbocycles. The van der Waals surface area contributed by atoms with Crippen LogP contribution in [-0.4, -0.2) is 26.2 Å². The van der Waals surface area contributed by atoms with E-state index in [0.717, 1.165) is 46.4 Å². The van der Waals surface area contributed by atoms with Crippen molar-refractivity contribution in [1.82, 2.24) is 20.0 Å². The molecule has 0 aliphatic heterocycles. The van der Waals surface area contributed by atoms with Gasteiger partial charge in [-0.25, -0.2) is 4.68 Å². The molecule has 0 fully saturated rings. The molecule has 7 heteroatoms. The molecule has 3 aromatic carbocycles. The van der Waals surface area contributed by atoms with Crippen molar-refractivity contribution in [3.8, 4) is 5.75 Å². The lowest BCUT2D eigenvalue weighted by atomic mass is 9.93. The van der Waals surface area contributed by atoms with Crippen molar-refractivity contribution in [2.45, 2.75) is 38.8 Å². The highest BCUT2D eigenvalue weighted by molar-refractivity contribution is 5.94. The molecule has 37 heavy (non-hydrogen) atoms. The third-order valence-corrected chi connectivity index (χ3v) is 6.60. The number of ether oxygens (including phenoxy) is 1. The zero-order valence-electron chi connectivity index (χ0n) is 20.5. The molecule has 184 valence electrons. The summed E-state index contributed by atoms with van der Waals surface area (Å²) >= 11 is 0. The van der Waals surface area contributed by atoms with Crippen molar-refractivity contribution in [3.63, 3.8) is 0 Å². The minimum Gasteiger partial charge on any atom is -0.487 e. The number of benzene rings is 3. The predicted molar refractivity (Wildman–Crippen MR) is 146 cm³/mol. The van der Waals surface area contributed by atoms with Gasteiger partial charge in [-0.3, -0.25) is 10.4 Å². The summed E-state index contributed by atoms with van der Waals surface area (Å²) in [5.74, 6) is 0.775. The summed E-state index contributed by atoms with van der Waals surface area (Å²) in [6.45, 7) is 1.05. The van der Waals surface area contributed by atoms with E-state index in [0.29, 0.717) is 13.2 Å². The smallest absolute Gasteiger partial charge is 0.134 e. The molecule has 2 heterocycles. The molecule has 2 aromatic heterocycles. The van der Waals surface area contributed by atoms with E-state index in [1.54, 1.807) is 0 Å². The third-order valence-electron chi connectivity index (χ3n) is 6.60. The van der Waals surface area contributed by atoms with E-state index >= 15 is 0 Å². The number of aryl methyl sites for hydroxylation is 1. The van der Waals surface area contributed by atoms with Crippen LogP contribution in [0, 0.1) is 0 Å². The number of rotatable bonds is 8. The minimum atomic E-state index is 0.365. The Bertz CT molecular complexity index is 1530. The SMILES string of the molecule is C(=NNc1c2c(nc3ccccc13)CCCC2)c1ccc(OCc2cn(Cc3ccccc3)nn2)cc1. The number of nitrogens with zero attached hydrogens (tertiary/aromatic N) is 5. The molecule has 0 radical (unpaired) electrons. The molecule has 1 aliphatic rings. The second-order valence-electron chi connectivity index (χ2n) is 9.26. The zero-order chi connectivity index (χ0) is 24.9. The summed E-state index contributed by atoms with van der Waals surface area (Å²) in [7, 11) is 0. The molecular weight excluding hydrogens is 460 g/mol. The standard InChI is InChI=1S/C30H28N6O/c1-2-8-23(9-3-1)19-36-20-24(33-35-36)21-37-25-16-14-22(15-17-25)18-31-34-30-26-10-4-6-12-28(26)32-29-13-7-5-11-27(29)30/h1-4,6,8-10,12,14-18,20H,5,7,11,13,19,21H2,(H,32,34). The van der Waals surface area contributed by atoms with Gasteiger partial charge in [0.15, 0.2) is 0 Å². The highest BCUT2D eigenvalue weighted by Gasteiger charge is 2.17. The fraction of sp³-hybridized carbons (Fsp3) is 0.200. The van der Waals surface area contributed by atoms with Crippen LogP contribution in [0.1, 0.15) is 40.9 Å². The van der Waals surface area contributed by atoms with Crippen molar-refractivity contribution in [2.75, 3.05) is 5.43 Å². The highest BCUT2D eigenvalue weighted by atomic mass is 16.5. The molecule has 0 unspecified atom stereocenters. The van der Waals surface area contributed by atoms with Crippen LogP contribution in [0.4, 0.5) is 5.69 Å². The Hall–Kier alpha value is -4.52. The Morgan fingerprint density at radius 2 is 1.73 bits per heavy atom. The molecular formula is C30H28N6O. The Kier molecular flexibility index (Phi) is 6.58. The Labute approximate surface area is 215 Å². The average molecular weight is 489 g/mol. The van der Waals surface area contributed by atoms with Crippen LogP contribution < -0.4 is 10.2 Å². The molecule has 0 bridgehead atoms. The summed E-state index contributed by atoms with van der Waals surface area (Å²) in [5.41, 5.74) is 10.9. The second kappa shape index (κ2) is 10.6. The summed E-state index contributed by atoms with van der Waals surface area (Å²) < 4.78 is 7.74. The van der Waals surface area contributed by atoms with Crippen LogP contribution in [-0.2, 0) is 26.0 Å². The van der Waals surface area contributed by atoms with Crippen LogP contribution in [0.3, 0.4) is 0 Å². The maximum Gasteiger partial charge on any atom is 0.134 e. The lowest BCUT2D eigenvalue weighted by Crippen LogP contribution is -2.09. The van der Waals surface area contributed by atoms with Crippen LogP contribution >= 0.6 is 0 Å². The van der Waals surface area contributed by atoms with Gasteiger partial charge in [0.1, 0.15) is 18.1 Å². The molecule has 1 N–H and O–H groups in total. The number of para-hydroxylation sites is 1. The maximum absolute atomic E-state index is 5.91. The van der Waals surface area contributed by atoms with E-state index in [2.05, 4.69) is 51.2 Å². The van der Waals surface area contributed by atoms with Crippen LogP contribution in [0.2, 0.25) is 0 Å². The number of aromatic nitrogens is 4. The van der Waals surface area contributed by atoms with Crippen molar-refractivity contribution >= 4 is 22.8 Å². The molecule has 5 aromatic rings. The van der Waals surface area contributed by atoms with E-state index in [9.17, 15) is 0 Å². The average Bonchev–Trinajstić information content (AvgIpc) is 3.40. The molecule has 6 rings (SSSR count). The van der Waals surface area contributed by atoms with Gasteiger partial charge in [0.25, 0.3) is 0 Å². The molecule has 0 saturated heterocycles. The first-order valence-electron chi connectivity index (χ1n) is 12.7. The highest BCUT2D eigenvalue weighted by Crippen LogP contribution is 2.33.